The van der Waals surface area contributed by atoms with Gasteiger partial charge in [0.2, 0.25) is 11.8 Å². The quantitative estimate of drug-likeness (QED) is 0.687. The monoisotopic (exact) mass is 476 g/mol. The van der Waals surface area contributed by atoms with Gasteiger partial charge in [-0.2, -0.15) is 5.26 Å². The number of aliphatic hydroxyl groups is 1. The first-order valence-electron chi connectivity index (χ1n) is 12.2. The summed E-state index contributed by atoms with van der Waals surface area (Å²) < 4.78 is 6.30. The van der Waals surface area contributed by atoms with E-state index in [1.165, 1.54) is 0 Å². The molecule has 2 aliphatic rings. The molecule has 1 aliphatic carbocycles. The lowest BCUT2D eigenvalue weighted by atomic mass is 9.84. The van der Waals surface area contributed by atoms with Crippen LogP contribution in [0.1, 0.15) is 49.0 Å². The van der Waals surface area contributed by atoms with E-state index in [0.29, 0.717) is 29.8 Å². The van der Waals surface area contributed by atoms with Gasteiger partial charge < -0.3 is 19.6 Å². The minimum absolute atomic E-state index is 0.0912. The van der Waals surface area contributed by atoms with Gasteiger partial charge in [-0.1, -0.05) is 25.5 Å². The van der Waals surface area contributed by atoms with Crippen LogP contribution in [0.3, 0.4) is 0 Å². The third-order valence-corrected chi connectivity index (χ3v) is 7.13. The highest BCUT2D eigenvalue weighted by atomic mass is 16.5. The molecular weight excluding hydrogens is 444 g/mol. The molecule has 184 valence electrons. The van der Waals surface area contributed by atoms with Crippen molar-refractivity contribution in [1.29, 1.82) is 5.26 Å². The molecule has 1 aromatic carbocycles. The zero-order chi connectivity index (χ0) is 25.1. The highest BCUT2D eigenvalue weighted by Crippen LogP contribution is 2.32. The largest absolute Gasteiger partial charge is 0.472 e. The van der Waals surface area contributed by atoms with E-state index in [4.69, 9.17) is 4.74 Å². The summed E-state index contributed by atoms with van der Waals surface area (Å²) >= 11 is 0. The maximum absolute atomic E-state index is 13.6. The smallest absolute Gasteiger partial charge is 0.259 e. The maximum atomic E-state index is 13.6. The van der Waals surface area contributed by atoms with Crippen LogP contribution in [-0.2, 0) is 4.79 Å². The lowest BCUT2D eigenvalue weighted by Crippen LogP contribution is -2.51. The zero-order valence-corrected chi connectivity index (χ0v) is 20.5. The summed E-state index contributed by atoms with van der Waals surface area (Å²) in [6.07, 6.45) is 4.22. The van der Waals surface area contributed by atoms with Gasteiger partial charge in [0.1, 0.15) is 11.7 Å². The molecule has 0 radical (unpaired) electrons. The topological polar surface area (TPSA) is 107 Å². The van der Waals surface area contributed by atoms with Gasteiger partial charge >= 0.3 is 0 Å². The molecule has 2 heterocycles. The highest BCUT2D eigenvalue weighted by Gasteiger charge is 2.36. The third-order valence-electron chi connectivity index (χ3n) is 7.13. The van der Waals surface area contributed by atoms with Crippen molar-refractivity contribution in [2.45, 2.75) is 45.3 Å². The second kappa shape index (κ2) is 10.4. The van der Waals surface area contributed by atoms with Gasteiger partial charge in [-0.3, -0.25) is 9.59 Å². The van der Waals surface area contributed by atoms with E-state index in [1.54, 1.807) is 47.3 Å². The van der Waals surface area contributed by atoms with Crippen molar-refractivity contribution in [3.63, 3.8) is 0 Å². The lowest BCUT2D eigenvalue weighted by molar-refractivity contribution is -0.138. The number of nitriles is 1. The van der Waals surface area contributed by atoms with E-state index in [9.17, 15) is 20.0 Å². The van der Waals surface area contributed by atoms with Gasteiger partial charge in [0.25, 0.3) is 5.91 Å². The molecule has 1 fully saturated rings. The van der Waals surface area contributed by atoms with Crippen LogP contribution in [0.15, 0.2) is 36.5 Å². The van der Waals surface area contributed by atoms with Gasteiger partial charge in [-0.25, -0.2) is 4.98 Å². The van der Waals surface area contributed by atoms with Crippen LogP contribution in [0.2, 0.25) is 0 Å². The molecule has 1 aromatic heterocycles. The van der Waals surface area contributed by atoms with Crippen molar-refractivity contribution in [2.75, 3.05) is 26.7 Å². The Balaban J connectivity index is 1.69. The number of hydrogen-bond acceptors (Lipinski definition) is 6. The number of likely N-dealkylation sites (N-methyl/N-ethyl adjacent to an activating group) is 1. The Morgan fingerprint density at radius 2 is 2.11 bits per heavy atom. The number of rotatable bonds is 6. The fourth-order valence-electron chi connectivity index (χ4n) is 4.57. The fraction of sp³-hybridized carbons (Fsp3) is 0.481. The Labute approximate surface area is 206 Å². The number of aromatic nitrogens is 1. The SMILES string of the molecule is C[C@@H]1CN([C@H](C)CO)C(=O)c2cc(-c3cccc(C#N)c3)cnc2O[C@H]1CN(C)C(=O)C1CCC1. The first kappa shape index (κ1) is 24.7. The molecule has 8 nitrogen and oxygen atoms in total. The Morgan fingerprint density at radius 1 is 1.34 bits per heavy atom. The van der Waals surface area contributed by atoms with Crippen LogP contribution < -0.4 is 4.74 Å². The molecule has 1 aliphatic heterocycles. The molecule has 4 rings (SSSR count). The molecule has 2 amide bonds. The Kier molecular flexibility index (Phi) is 7.37. The van der Waals surface area contributed by atoms with Crippen LogP contribution in [0.4, 0.5) is 0 Å². The van der Waals surface area contributed by atoms with Gasteiger partial charge in [-0.15, -0.1) is 0 Å². The number of pyridine rings is 1. The minimum Gasteiger partial charge on any atom is -0.472 e. The first-order chi connectivity index (χ1) is 16.8. The van der Waals surface area contributed by atoms with Crippen LogP contribution in [-0.4, -0.2) is 70.6 Å². The molecule has 8 heteroatoms. The van der Waals surface area contributed by atoms with Crippen molar-refractivity contribution in [2.24, 2.45) is 11.8 Å². The number of amides is 2. The summed E-state index contributed by atoms with van der Waals surface area (Å²) in [5.74, 6) is 0.0783. The minimum atomic E-state index is -0.392. The summed E-state index contributed by atoms with van der Waals surface area (Å²) in [6.45, 7) is 4.39. The van der Waals surface area contributed by atoms with Gasteiger partial charge in [0.15, 0.2) is 0 Å². The number of nitrogens with zero attached hydrogens (tertiary/aromatic N) is 4. The number of aliphatic hydroxyl groups excluding tert-OH is 1. The molecule has 0 saturated heterocycles. The predicted octanol–water partition coefficient (Wildman–Crippen LogP) is 3.10. The predicted molar refractivity (Wildman–Crippen MR) is 131 cm³/mol. The number of hydrogen-bond donors (Lipinski definition) is 1. The van der Waals surface area contributed by atoms with Crippen molar-refractivity contribution < 1.29 is 19.4 Å². The van der Waals surface area contributed by atoms with E-state index in [1.807, 2.05) is 19.9 Å². The number of carbonyl (C=O) groups is 2. The number of carbonyl (C=O) groups excluding carboxylic acids is 2. The zero-order valence-electron chi connectivity index (χ0n) is 20.5. The summed E-state index contributed by atoms with van der Waals surface area (Å²) in [5.41, 5.74) is 2.28. The van der Waals surface area contributed by atoms with E-state index in [2.05, 4.69) is 11.1 Å². The molecule has 0 bridgehead atoms. The van der Waals surface area contributed by atoms with E-state index in [0.717, 1.165) is 24.8 Å². The van der Waals surface area contributed by atoms with E-state index >= 15 is 0 Å². The number of ether oxygens (including phenoxy) is 1. The fourth-order valence-corrected chi connectivity index (χ4v) is 4.57. The van der Waals surface area contributed by atoms with Crippen molar-refractivity contribution >= 4 is 11.8 Å². The standard InChI is InChI=1S/C27H32N4O4/c1-17-14-31(18(2)16-32)27(34)23-11-22(21-9-4-6-19(10-21)12-28)13-29-25(23)35-24(17)15-30(3)26(33)20-7-5-8-20/h4,6,9-11,13,17-18,20,24,32H,5,7-8,14-16H2,1-3H3/t17-,18-,24+/m1/s1. The average Bonchev–Trinajstić information content (AvgIpc) is 2.84. The number of benzene rings is 1. The average molecular weight is 477 g/mol. The summed E-state index contributed by atoms with van der Waals surface area (Å²) in [4.78, 5) is 34.2. The van der Waals surface area contributed by atoms with E-state index < -0.39 is 6.04 Å². The molecule has 0 spiro atoms. The normalized spacial score (nSPS) is 21.0. The molecule has 2 aromatic rings. The molecule has 3 atom stereocenters. The summed E-state index contributed by atoms with van der Waals surface area (Å²) in [6, 6.07) is 10.6. The van der Waals surface area contributed by atoms with Gasteiger partial charge in [0, 0.05) is 37.2 Å². The Bertz CT molecular complexity index is 1140. The molecule has 1 saturated carbocycles. The molecule has 35 heavy (non-hydrogen) atoms. The first-order valence-corrected chi connectivity index (χ1v) is 12.2. The van der Waals surface area contributed by atoms with Crippen LogP contribution >= 0.6 is 0 Å². The van der Waals surface area contributed by atoms with Crippen LogP contribution in [0.5, 0.6) is 5.88 Å². The summed E-state index contributed by atoms with van der Waals surface area (Å²) in [5, 5.41) is 19.1. The second-order valence-electron chi connectivity index (χ2n) is 9.74. The van der Waals surface area contributed by atoms with Gasteiger partial charge in [0.05, 0.1) is 30.8 Å². The van der Waals surface area contributed by atoms with Crippen molar-refractivity contribution in [3.05, 3.63) is 47.7 Å². The maximum Gasteiger partial charge on any atom is 0.259 e. The van der Waals surface area contributed by atoms with Crippen LogP contribution in [0.25, 0.3) is 11.1 Å². The van der Waals surface area contributed by atoms with Crippen molar-refractivity contribution in [3.8, 4) is 23.1 Å². The highest BCUT2D eigenvalue weighted by molar-refractivity contribution is 5.98. The second-order valence-corrected chi connectivity index (χ2v) is 9.74. The lowest BCUT2D eigenvalue weighted by Gasteiger charge is -2.38. The van der Waals surface area contributed by atoms with Crippen molar-refractivity contribution in [1.82, 2.24) is 14.8 Å². The van der Waals surface area contributed by atoms with Gasteiger partial charge in [-0.05, 0) is 43.5 Å². The Hall–Kier alpha value is -3.44. The number of fused-ring (bicyclic) bond motifs is 1. The third kappa shape index (κ3) is 5.15. The summed E-state index contributed by atoms with van der Waals surface area (Å²) in [7, 11) is 1.80. The molecular formula is C27H32N4O4. The van der Waals surface area contributed by atoms with E-state index in [-0.39, 0.29) is 42.2 Å². The molecule has 1 N–H and O–H groups in total. The Morgan fingerprint density at radius 3 is 2.77 bits per heavy atom. The molecule has 0 unspecified atom stereocenters. The van der Waals surface area contributed by atoms with Crippen LogP contribution in [0, 0.1) is 23.2 Å².